The second-order valence-electron chi connectivity index (χ2n) is 11.2. The number of phenols is 1. The highest BCUT2D eigenvalue weighted by atomic mass is 16.5. The number of phenolic OH excluding ortho intramolecular Hbond substituents is 1. The lowest BCUT2D eigenvalue weighted by Gasteiger charge is -2.50. The van der Waals surface area contributed by atoms with E-state index < -0.39 is 0 Å². The summed E-state index contributed by atoms with van der Waals surface area (Å²) in [6, 6.07) is 3.94. The number of carbonyl (C=O) groups is 2. The molecule has 0 spiro atoms. The molecule has 0 aromatic heterocycles. The first kappa shape index (κ1) is 22.7. The molecule has 5 nitrogen and oxygen atoms in total. The van der Waals surface area contributed by atoms with Gasteiger partial charge in [-0.2, -0.15) is 0 Å². The van der Waals surface area contributed by atoms with Crippen LogP contribution in [0.5, 0.6) is 11.5 Å². The van der Waals surface area contributed by atoms with Crippen LogP contribution in [0.25, 0.3) is 0 Å². The van der Waals surface area contributed by atoms with Crippen LogP contribution in [0, 0.1) is 23.2 Å². The van der Waals surface area contributed by atoms with Gasteiger partial charge in [0.25, 0.3) is 0 Å². The van der Waals surface area contributed by atoms with E-state index in [0.29, 0.717) is 54.0 Å². The van der Waals surface area contributed by atoms with Gasteiger partial charge < -0.3 is 14.7 Å². The number of nitrogens with zero attached hydrogens (tertiary/aromatic N) is 1. The first-order chi connectivity index (χ1) is 15.9. The van der Waals surface area contributed by atoms with Crippen molar-refractivity contribution in [1.29, 1.82) is 0 Å². The second-order valence-corrected chi connectivity index (χ2v) is 11.2. The number of Topliss-reactive ketones (excluding diaryl/α,β-unsaturated/α-hetero) is 1. The number of ether oxygens (including phenoxy) is 1. The van der Waals surface area contributed by atoms with E-state index in [1.165, 1.54) is 17.5 Å². The van der Waals surface area contributed by atoms with Crippen molar-refractivity contribution in [3.63, 3.8) is 0 Å². The van der Waals surface area contributed by atoms with Crippen LogP contribution in [0.2, 0.25) is 0 Å². The molecule has 5 rings (SSSR count). The fraction of sp³-hybridized carbons (Fsp3) is 0.714. The van der Waals surface area contributed by atoms with Gasteiger partial charge >= 0.3 is 0 Å². The highest BCUT2D eigenvalue weighted by Crippen LogP contribution is 2.62. The fourth-order valence-electron chi connectivity index (χ4n) is 7.89. The number of hydrogen-bond acceptors (Lipinski definition) is 4. The minimum Gasteiger partial charge on any atom is -0.504 e. The summed E-state index contributed by atoms with van der Waals surface area (Å²) in [7, 11) is 1.61. The second kappa shape index (κ2) is 8.96. The van der Waals surface area contributed by atoms with Crippen molar-refractivity contribution in [3.05, 3.63) is 23.3 Å². The van der Waals surface area contributed by atoms with Gasteiger partial charge in [-0.15, -0.1) is 0 Å². The number of aryl methyl sites for hydroxylation is 1. The molecule has 1 saturated heterocycles. The Morgan fingerprint density at radius 2 is 2.00 bits per heavy atom. The third kappa shape index (κ3) is 3.95. The quantitative estimate of drug-likeness (QED) is 0.662. The predicted molar refractivity (Wildman–Crippen MR) is 127 cm³/mol. The smallest absolute Gasteiger partial charge is 0.222 e. The standard InChI is InChI=1S/C28H39NO4/c1-28-12-11-20-21(10-9-18-15-23(30)24(33-2)17-22(18)20)27(28)19(16-25(28)31)7-6-8-26(32)29-13-4-3-5-14-29/h15,17,19-21,27,30H,3-14,16H2,1-2H3/t19-,20-,21+,27-,28+/m0/s1. The number of benzene rings is 1. The molecule has 1 N–H and O–H groups in total. The maximum Gasteiger partial charge on any atom is 0.222 e. The molecule has 0 radical (unpaired) electrons. The van der Waals surface area contributed by atoms with Crippen LogP contribution in [0.3, 0.4) is 0 Å². The van der Waals surface area contributed by atoms with E-state index >= 15 is 0 Å². The van der Waals surface area contributed by atoms with Crippen LogP contribution >= 0.6 is 0 Å². The first-order valence-corrected chi connectivity index (χ1v) is 13.1. The molecule has 4 aliphatic rings. The predicted octanol–water partition coefficient (Wildman–Crippen LogP) is 5.23. The van der Waals surface area contributed by atoms with Crippen LogP contribution in [-0.2, 0) is 16.0 Å². The molecule has 33 heavy (non-hydrogen) atoms. The van der Waals surface area contributed by atoms with Crippen LogP contribution in [0.1, 0.15) is 88.2 Å². The lowest BCUT2D eigenvalue weighted by atomic mass is 9.54. The number of likely N-dealkylation sites (tertiary alicyclic amines) is 1. The van der Waals surface area contributed by atoms with Crippen LogP contribution < -0.4 is 4.74 Å². The van der Waals surface area contributed by atoms with E-state index in [1.54, 1.807) is 7.11 Å². The van der Waals surface area contributed by atoms with Gasteiger partial charge in [0.15, 0.2) is 11.5 Å². The zero-order chi connectivity index (χ0) is 23.2. The molecule has 180 valence electrons. The zero-order valence-electron chi connectivity index (χ0n) is 20.3. The van der Waals surface area contributed by atoms with Crippen LogP contribution in [-0.4, -0.2) is 41.9 Å². The minimum absolute atomic E-state index is 0.207. The summed E-state index contributed by atoms with van der Waals surface area (Å²) in [5, 5.41) is 10.3. The molecule has 1 heterocycles. The van der Waals surface area contributed by atoms with Gasteiger partial charge in [-0.3, -0.25) is 9.59 Å². The van der Waals surface area contributed by atoms with E-state index in [0.717, 1.165) is 64.5 Å². The van der Waals surface area contributed by atoms with Crippen molar-refractivity contribution in [1.82, 2.24) is 4.90 Å². The molecular weight excluding hydrogens is 414 g/mol. The molecular formula is C28H39NO4. The maximum atomic E-state index is 13.2. The van der Waals surface area contributed by atoms with Gasteiger partial charge in [-0.25, -0.2) is 0 Å². The Hall–Kier alpha value is -2.04. The molecule has 3 fully saturated rings. The van der Waals surface area contributed by atoms with E-state index in [2.05, 4.69) is 6.92 Å². The van der Waals surface area contributed by atoms with Gasteiger partial charge in [0.05, 0.1) is 7.11 Å². The Kier molecular flexibility index (Phi) is 6.17. The van der Waals surface area contributed by atoms with Crippen molar-refractivity contribution in [2.24, 2.45) is 23.2 Å². The van der Waals surface area contributed by atoms with Crippen molar-refractivity contribution >= 4 is 11.7 Å². The minimum atomic E-state index is -0.207. The van der Waals surface area contributed by atoms with Gasteiger partial charge in [-0.05, 0) is 105 Å². The number of carbonyl (C=O) groups excluding carboxylic acids is 2. The SMILES string of the molecule is COc1cc2c(cc1O)CC[C@H]1[C@@H]3[C@@H](CCCC(=O)N4CCCCC4)CC(=O)[C@@]3(C)CC[C@H]21. The normalized spacial score (nSPS) is 33.3. The topological polar surface area (TPSA) is 66.8 Å². The molecule has 1 aliphatic heterocycles. The van der Waals surface area contributed by atoms with Gasteiger partial charge in [0, 0.05) is 31.3 Å². The average Bonchev–Trinajstić information content (AvgIpc) is 3.08. The molecule has 2 saturated carbocycles. The van der Waals surface area contributed by atoms with Gasteiger partial charge in [0.1, 0.15) is 5.78 Å². The Morgan fingerprint density at radius 1 is 1.21 bits per heavy atom. The molecule has 0 bridgehead atoms. The number of ketones is 1. The summed E-state index contributed by atoms with van der Waals surface area (Å²) < 4.78 is 5.42. The van der Waals surface area contributed by atoms with Crippen molar-refractivity contribution in [2.75, 3.05) is 20.2 Å². The Labute approximate surface area is 197 Å². The number of piperidine rings is 1. The highest BCUT2D eigenvalue weighted by Gasteiger charge is 2.58. The van der Waals surface area contributed by atoms with Crippen LogP contribution in [0.15, 0.2) is 12.1 Å². The van der Waals surface area contributed by atoms with Crippen molar-refractivity contribution in [2.45, 2.75) is 83.5 Å². The number of amides is 1. The first-order valence-electron chi connectivity index (χ1n) is 13.1. The van der Waals surface area contributed by atoms with E-state index in [-0.39, 0.29) is 11.2 Å². The van der Waals surface area contributed by atoms with Gasteiger partial charge in [-0.1, -0.05) is 6.92 Å². The van der Waals surface area contributed by atoms with Crippen molar-refractivity contribution < 1.29 is 19.4 Å². The fourth-order valence-corrected chi connectivity index (χ4v) is 7.89. The number of rotatable bonds is 5. The average molecular weight is 454 g/mol. The van der Waals surface area contributed by atoms with E-state index in [9.17, 15) is 14.7 Å². The van der Waals surface area contributed by atoms with E-state index in [1.807, 2.05) is 17.0 Å². The molecule has 3 aliphatic carbocycles. The number of aromatic hydroxyl groups is 1. The highest BCUT2D eigenvalue weighted by molar-refractivity contribution is 5.87. The summed E-state index contributed by atoms with van der Waals surface area (Å²) >= 11 is 0. The molecule has 1 amide bonds. The Bertz CT molecular complexity index is 921. The number of fused-ring (bicyclic) bond motifs is 5. The zero-order valence-corrected chi connectivity index (χ0v) is 20.3. The van der Waals surface area contributed by atoms with Crippen molar-refractivity contribution in [3.8, 4) is 11.5 Å². The Balaban J connectivity index is 1.32. The summed E-state index contributed by atoms with van der Waals surface area (Å²) in [4.78, 5) is 27.9. The largest absolute Gasteiger partial charge is 0.504 e. The summed E-state index contributed by atoms with van der Waals surface area (Å²) in [5.41, 5.74) is 2.36. The molecule has 1 aromatic rings. The number of methoxy groups -OCH3 is 1. The third-order valence-corrected chi connectivity index (χ3v) is 9.54. The number of hydrogen-bond donors (Lipinski definition) is 1. The van der Waals surface area contributed by atoms with Gasteiger partial charge in [0.2, 0.25) is 5.91 Å². The molecule has 1 aromatic carbocycles. The summed E-state index contributed by atoms with van der Waals surface area (Å²) in [6.45, 7) is 4.06. The Morgan fingerprint density at radius 3 is 2.76 bits per heavy atom. The third-order valence-electron chi connectivity index (χ3n) is 9.54. The lowest BCUT2D eigenvalue weighted by Crippen LogP contribution is -2.44. The molecule has 5 heteroatoms. The van der Waals surface area contributed by atoms with E-state index in [4.69, 9.17) is 4.74 Å². The molecule has 0 unspecified atom stereocenters. The summed E-state index contributed by atoms with van der Waals surface area (Å²) in [6.07, 6.45) is 10.7. The summed E-state index contributed by atoms with van der Waals surface area (Å²) in [5.74, 6) is 3.27. The lowest BCUT2D eigenvalue weighted by molar-refractivity contribution is -0.132. The monoisotopic (exact) mass is 453 g/mol. The van der Waals surface area contributed by atoms with Crippen LogP contribution in [0.4, 0.5) is 0 Å². The maximum absolute atomic E-state index is 13.2. The molecule has 5 atom stereocenters.